The monoisotopic (exact) mass is 672 g/mol. The molecular weight excluding hydrogens is 619 g/mol. The molecule has 0 bridgehead atoms. The molecule has 0 unspecified atom stereocenters. The van der Waals surface area contributed by atoms with Gasteiger partial charge in [-0.2, -0.15) is 0 Å². The molecular formula is C40H53FN4O4. The first-order valence-corrected chi connectivity index (χ1v) is 17.0. The molecule has 3 rings (SSSR count). The quantitative estimate of drug-likeness (QED) is 0.163. The van der Waals surface area contributed by atoms with Gasteiger partial charge in [0.2, 0.25) is 17.7 Å². The predicted octanol–water partition coefficient (Wildman–Crippen LogP) is 5.53. The highest BCUT2D eigenvalue weighted by Crippen LogP contribution is 2.22. The molecule has 0 aliphatic rings. The van der Waals surface area contributed by atoms with E-state index in [1.54, 1.807) is 32.3 Å². The molecule has 4 N–H and O–H groups in total. The fourth-order valence-electron chi connectivity index (χ4n) is 5.42. The Bertz CT molecular complexity index is 1540. The SMILES string of the molecule is CCC(N)(CC)C/C=C/C(=O)N(C)[C@H](Cc1ccc(-c2ccccc2)cc1)C(=O)N(C)[C@H](Cc1ccc(F)cc1)C(=O)NCC(C)(C)CO. The number of rotatable bonds is 17. The van der Waals surface area contributed by atoms with Crippen molar-refractivity contribution >= 4 is 17.7 Å². The number of benzene rings is 3. The molecule has 9 heteroatoms. The third kappa shape index (κ3) is 11.4. The lowest BCUT2D eigenvalue weighted by atomic mass is 9.90. The van der Waals surface area contributed by atoms with Crippen LogP contribution in [-0.2, 0) is 27.2 Å². The minimum Gasteiger partial charge on any atom is -0.396 e. The first-order valence-electron chi connectivity index (χ1n) is 17.0. The summed E-state index contributed by atoms with van der Waals surface area (Å²) in [6, 6.07) is 21.7. The van der Waals surface area contributed by atoms with Crippen LogP contribution in [0.3, 0.4) is 0 Å². The van der Waals surface area contributed by atoms with E-state index in [9.17, 15) is 23.9 Å². The summed E-state index contributed by atoms with van der Waals surface area (Å²) < 4.78 is 13.7. The van der Waals surface area contributed by atoms with Crippen LogP contribution in [0.1, 0.15) is 58.1 Å². The van der Waals surface area contributed by atoms with Gasteiger partial charge in [-0.3, -0.25) is 14.4 Å². The summed E-state index contributed by atoms with van der Waals surface area (Å²) in [6.45, 7) is 7.71. The van der Waals surface area contributed by atoms with Crippen molar-refractivity contribution in [1.82, 2.24) is 15.1 Å². The fourth-order valence-corrected chi connectivity index (χ4v) is 5.42. The predicted molar refractivity (Wildman–Crippen MR) is 194 cm³/mol. The Labute approximate surface area is 291 Å². The lowest BCUT2D eigenvalue weighted by Crippen LogP contribution is -2.56. The molecule has 0 saturated carbocycles. The van der Waals surface area contributed by atoms with Crippen LogP contribution in [0.5, 0.6) is 0 Å². The van der Waals surface area contributed by atoms with Crippen LogP contribution in [0.25, 0.3) is 11.1 Å². The van der Waals surface area contributed by atoms with Crippen LogP contribution >= 0.6 is 0 Å². The van der Waals surface area contributed by atoms with Crippen molar-refractivity contribution in [3.05, 3.63) is 108 Å². The average Bonchev–Trinajstić information content (AvgIpc) is 3.12. The first-order chi connectivity index (χ1) is 23.2. The van der Waals surface area contributed by atoms with Gasteiger partial charge in [0.25, 0.3) is 0 Å². The van der Waals surface area contributed by atoms with Crippen molar-refractivity contribution in [2.45, 2.75) is 77.4 Å². The second-order valence-electron chi connectivity index (χ2n) is 13.7. The number of hydrogen-bond donors (Lipinski definition) is 3. The number of carbonyl (C=O) groups is 3. The van der Waals surface area contributed by atoms with E-state index in [0.717, 1.165) is 29.5 Å². The maximum atomic E-state index is 14.5. The smallest absolute Gasteiger partial charge is 0.246 e. The summed E-state index contributed by atoms with van der Waals surface area (Å²) in [6.07, 6.45) is 5.59. The number of nitrogens with two attached hydrogens (primary N) is 1. The molecule has 0 radical (unpaired) electrons. The van der Waals surface area contributed by atoms with Crippen molar-refractivity contribution in [2.24, 2.45) is 11.1 Å². The fraction of sp³-hybridized carbons (Fsp3) is 0.425. The molecule has 264 valence electrons. The summed E-state index contributed by atoms with van der Waals surface area (Å²) >= 11 is 0. The minimum atomic E-state index is -0.971. The average molecular weight is 673 g/mol. The van der Waals surface area contributed by atoms with E-state index in [4.69, 9.17) is 5.73 Å². The molecule has 0 heterocycles. The van der Waals surface area contributed by atoms with Gasteiger partial charge in [-0.15, -0.1) is 0 Å². The highest BCUT2D eigenvalue weighted by Gasteiger charge is 2.35. The molecule has 0 spiro atoms. The summed E-state index contributed by atoms with van der Waals surface area (Å²) in [4.78, 5) is 44.5. The number of hydrogen-bond acceptors (Lipinski definition) is 5. The molecule has 8 nitrogen and oxygen atoms in total. The van der Waals surface area contributed by atoms with Crippen LogP contribution in [0, 0.1) is 11.2 Å². The topological polar surface area (TPSA) is 116 Å². The lowest BCUT2D eigenvalue weighted by Gasteiger charge is -2.35. The van der Waals surface area contributed by atoms with Gasteiger partial charge in [-0.1, -0.05) is 101 Å². The summed E-state index contributed by atoms with van der Waals surface area (Å²) in [5.41, 5.74) is 9.04. The van der Waals surface area contributed by atoms with Crippen molar-refractivity contribution in [3.8, 4) is 11.1 Å². The Morgan fingerprint density at radius 2 is 1.37 bits per heavy atom. The number of likely N-dealkylation sites (N-methyl/N-ethyl adjacent to an activating group) is 2. The maximum absolute atomic E-state index is 14.5. The second-order valence-corrected chi connectivity index (χ2v) is 13.7. The summed E-state index contributed by atoms with van der Waals surface area (Å²) in [5.74, 6) is -1.60. The zero-order valence-corrected chi connectivity index (χ0v) is 29.8. The number of aliphatic hydroxyl groups excluding tert-OH is 1. The zero-order valence-electron chi connectivity index (χ0n) is 29.8. The normalized spacial score (nSPS) is 13.2. The van der Waals surface area contributed by atoms with Crippen LogP contribution in [0.15, 0.2) is 91.0 Å². The summed E-state index contributed by atoms with van der Waals surface area (Å²) in [5, 5.41) is 12.6. The number of carbonyl (C=O) groups excluding carboxylic acids is 3. The highest BCUT2D eigenvalue weighted by molar-refractivity contribution is 5.95. The Balaban J connectivity index is 1.96. The molecule has 0 saturated heterocycles. The van der Waals surface area contributed by atoms with E-state index >= 15 is 0 Å². The van der Waals surface area contributed by atoms with E-state index in [0.29, 0.717) is 12.0 Å². The van der Waals surface area contributed by atoms with Crippen molar-refractivity contribution in [1.29, 1.82) is 0 Å². The van der Waals surface area contributed by atoms with E-state index in [2.05, 4.69) is 5.32 Å². The van der Waals surface area contributed by atoms with Gasteiger partial charge in [0.15, 0.2) is 0 Å². The standard InChI is InChI=1S/C40H53FN4O4/c1-7-40(42,8-2)24-12-15-36(47)44(5)35(26-29-16-20-32(21-17-29)31-13-10-9-11-14-31)38(49)45(6)34(25-30-18-22-33(41)23-19-30)37(48)43-27-39(3,4)28-46/h9-23,34-35,46H,7-8,24-28,42H2,1-6H3,(H,43,48)/b15-12+/t34-,35-/m1/s1. The van der Waals surface area contributed by atoms with Gasteiger partial charge in [0, 0.05) is 51.0 Å². The van der Waals surface area contributed by atoms with E-state index in [1.165, 1.54) is 28.0 Å². The molecule has 49 heavy (non-hydrogen) atoms. The van der Waals surface area contributed by atoms with Crippen LogP contribution < -0.4 is 11.1 Å². The highest BCUT2D eigenvalue weighted by atomic mass is 19.1. The zero-order chi connectivity index (χ0) is 36.2. The third-order valence-corrected chi connectivity index (χ3v) is 9.41. The first kappa shape index (κ1) is 39.1. The lowest BCUT2D eigenvalue weighted by molar-refractivity contribution is -0.146. The molecule has 0 aliphatic heterocycles. The third-order valence-electron chi connectivity index (χ3n) is 9.41. The van der Waals surface area contributed by atoms with E-state index in [-0.39, 0.29) is 31.9 Å². The maximum Gasteiger partial charge on any atom is 0.246 e. The van der Waals surface area contributed by atoms with Gasteiger partial charge in [0.05, 0.1) is 0 Å². The number of nitrogens with zero attached hydrogens (tertiary/aromatic N) is 2. The molecule has 3 aromatic carbocycles. The van der Waals surface area contributed by atoms with Gasteiger partial charge in [-0.25, -0.2) is 4.39 Å². The number of halogens is 1. The second kappa shape index (κ2) is 17.9. The molecule has 0 aliphatic carbocycles. The molecule has 3 amide bonds. The van der Waals surface area contributed by atoms with E-state index < -0.39 is 40.7 Å². The van der Waals surface area contributed by atoms with Crippen LogP contribution in [0.2, 0.25) is 0 Å². The number of nitrogens with one attached hydrogen (secondary N) is 1. The Hall–Kier alpha value is -4.34. The van der Waals surface area contributed by atoms with Crippen molar-refractivity contribution < 1.29 is 23.9 Å². The summed E-state index contributed by atoms with van der Waals surface area (Å²) in [7, 11) is 3.15. The number of aliphatic hydroxyl groups is 1. The van der Waals surface area contributed by atoms with Crippen LogP contribution in [0.4, 0.5) is 4.39 Å². The van der Waals surface area contributed by atoms with Gasteiger partial charge in [0.1, 0.15) is 17.9 Å². The van der Waals surface area contributed by atoms with Crippen molar-refractivity contribution in [3.63, 3.8) is 0 Å². The Kier molecular flexibility index (Phi) is 14.3. The molecule has 3 aromatic rings. The minimum absolute atomic E-state index is 0.122. The van der Waals surface area contributed by atoms with Crippen molar-refractivity contribution in [2.75, 3.05) is 27.2 Å². The Morgan fingerprint density at radius 3 is 1.92 bits per heavy atom. The van der Waals surface area contributed by atoms with Crippen LogP contribution in [-0.4, -0.2) is 77.5 Å². The largest absolute Gasteiger partial charge is 0.396 e. The molecule has 0 aromatic heterocycles. The number of amides is 3. The van der Waals surface area contributed by atoms with Gasteiger partial charge >= 0.3 is 0 Å². The van der Waals surface area contributed by atoms with E-state index in [1.807, 2.05) is 82.3 Å². The van der Waals surface area contributed by atoms with Gasteiger partial charge in [-0.05, 0) is 59.7 Å². The molecule has 0 fully saturated rings. The molecule has 2 atom stereocenters. The van der Waals surface area contributed by atoms with Gasteiger partial charge < -0.3 is 26.0 Å². The Morgan fingerprint density at radius 1 is 0.837 bits per heavy atom.